The van der Waals surface area contributed by atoms with Crippen LogP contribution in [0.15, 0.2) is 18.2 Å². The molecule has 0 aliphatic carbocycles. The van der Waals surface area contributed by atoms with E-state index in [1.165, 1.54) is 0 Å². The Morgan fingerprint density at radius 2 is 1.91 bits per heavy atom. The molecule has 1 aromatic rings. The van der Waals surface area contributed by atoms with Gasteiger partial charge in [0.2, 0.25) is 0 Å². The number of anilines is 1. The fourth-order valence-corrected chi connectivity index (χ4v) is 2.86. The highest BCUT2D eigenvalue weighted by atomic mass is 35.5. The number of piperazine rings is 1. The van der Waals surface area contributed by atoms with Crippen LogP contribution >= 0.6 is 23.2 Å². The van der Waals surface area contributed by atoms with Gasteiger partial charge in [0, 0.05) is 37.7 Å². The van der Waals surface area contributed by atoms with Crippen LogP contribution < -0.4 is 10.2 Å². The number of carbonyl (C=O) groups excluding carboxylic acids is 1. The van der Waals surface area contributed by atoms with Crippen LogP contribution in [0.2, 0.25) is 10.0 Å². The Morgan fingerprint density at radius 1 is 1.23 bits per heavy atom. The zero-order valence-corrected chi connectivity index (χ0v) is 14.6. The van der Waals surface area contributed by atoms with Crippen molar-refractivity contribution in [3.63, 3.8) is 0 Å². The lowest BCUT2D eigenvalue weighted by Crippen LogP contribution is -2.52. The van der Waals surface area contributed by atoms with Gasteiger partial charge in [-0.05, 0) is 30.5 Å². The summed E-state index contributed by atoms with van der Waals surface area (Å²) in [4.78, 5) is 16.1. The number of hydrogen-bond donors (Lipinski definition) is 1. The van der Waals surface area contributed by atoms with E-state index < -0.39 is 0 Å². The molecule has 1 aromatic carbocycles. The molecule has 122 valence electrons. The maximum atomic E-state index is 12.1. The second-order valence-electron chi connectivity index (χ2n) is 5.98. The van der Waals surface area contributed by atoms with Crippen LogP contribution in [-0.4, -0.2) is 43.7 Å². The molecule has 1 aliphatic rings. The Labute approximate surface area is 142 Å². The van der Waals surface area contributed by atoms with Crippen LogP contribution in [0, 0.1) is 5.92 Å². The predicted molar refractivity (Wildman–Crippen MR) is 93.1 cm³/mol. The second kappa shape index (κ2) is 7.93. The van der Waals surface area contributed by atoms with Crippen molar-refractivity contribution < 1.29 is 4.79 Å². The highest BCUT2D eigenvalue weighted by molar-refractivity contribution is 6.35. The molecular formula is C16H23Cl2N3O. The SMILES string of the molecule is CC(C)CCNC(=O)N1CCN(c2cc(Cl)ccc2Cl)CC1. The molecule has 0 spiro atoms. The lowest BCUT2D eigenvalue weighted by Gasteiger charge is -2.36. The standard InChI is InChI=1S/C16H23Cl2N3O/c1-12(2)5-6-19-16(22)21-9-7-20(8-10-21)15-11-13(17)3-4-14(15)18/h3-4,11-12H,5-10H2,1-2H3,(H,19,22). The summed E-state index contributed by atoms with van der Waals surface area (Å²) in [5.41, 5.74) is 0.939. The molecule has 22 heavy (non-hydrogen) atoms. The van der Waals surface area contributed by atoms with E-state index in [9.17, 15) is 4.79 Å². The van der Waals surface area contributed by atoms with Gasteiger partial charge in [-0.2, -0.15) is 0 Å². The van der Waals surface area contributed by atoms with Crippen molar-refractivity contribution in [2.45, 2.75) is 20.3 Å². The first-order valence-electron chi connectivity index (χ1n) is 7.70. The minimum Gasteiger partial charge on any atom is -0.367 e. The number of nitrogens with one attached hydrogen (secondary N) is 1. The topological polar surface area (TPSA) is 35.6 Å². The number of amides is 2. The molecule has 2 amide bonds. The van der Waals surface area contributed by atoms with Gasteiger partial charge in [-0.15, -0.1) is 0 Å². The minimum atomic E-state index is 0.0255. The largest absolute Gasteiger partial charge is 0.367 e. The molecule has 1 heterocycles. The molecule has 1 fully saturated rings. The van der Waals surface area contributed by atoms with Crippen LogP contribution in [0.4, 0.5) is 10.5 Å². The average Bonchev–Trinajstić information content (AvgIpc) is 2.49. The summed E-state index contributed by atoms with van der Waals surface area (Å²) in [6.07, 6.45) is 1.00. The molecule has 1 saturated heterocycles. The van der Waals surface area contributed by atoms with Crippen molar-refractivity contribution in [2.75, 3.05) is 37.6 Å². The Balaban J connectivity index is 1.85. The van der Waals surface area contributed by atoms with Crippen LogP contribution in [0.25, 0.3) is 0 Å². The predicted octanol–water partition coefficient (Wildman–Crippen LogP) is 3.87. The maximum absolute atomic E-state index is 12.1. The molecule has 1 N–H and O–H groups in total. The maximum Gasteiger partial charge on any atom is 0.317 e. The first kappa shape index (κ1) is 17.2. The van der Waals surface area contributed by atoms with Crippen LogP contribution in [0.1, 0.15) is 20.3 Å². The molecule has 0 atom stereocenters. The fourth-order valence-electron chi connectivity index (χ4n) is 2.46. The third kappa shape index (κ3) is 4.68. The summed E-state index contributed by atoms with van der Waals surface area (Å²) in [7, 11) is 0. The Kier molecular flexibility index (Phi) is 6.21. The molecule has 0 saturated carbocycles. The molecule has 0 aromatic heterocycles. The lowest BCUT2D eigenvalue weighted by molar-refractivity contribution is 0.194. The average molecular weight is 344 g/mol. The molecule has 0 radical (unpaired) electrons. The van der Waals surface area contributed by atoms with Crippen molar-refractivity contribution in [1.82, 2.24) is 10.2 Å². The Hall–Kier alpha value is -1.13. The van der Waals surface area contributed by atoms with E-state index in [1.54, 1.807) is 6.07 Å². The highest BCUT2D eigenvalue weighted by Gasteiger charge is 2.22. The normalized spacial score (nSPS) is 15.3. The van der Waals surface area contributed by atoms with Crippen molar-refractivity contribution in [3.8, 4) is 0 Å². The third-order valence-corrected chi connectivity index (χ3v) is 4.37. The smallest absolute Gasteiger partial charge is 0.317 e. The second-order valence-corrected chi connectivity index (χ2v) is 6.83. The van der Waals surface area contributed by atoms with Gasteiger partial charge in [-0.25, -0.2) is 4.79 Å². The van der Waals surface area contributed by atoms with Crippen molar-refractivity contribution in [1.29, 1.82) is 0 Å². The third-order valence-electron chi connectivity index (χ3n) is 3.81. The van der Waals surface area contributed by atoms with Gasteiger partial charge in [-0.1, -0.05) is 37.0 Å². The summed E-state index contributed by atoms with van der Waals surface area (Å²) >= 11 is 12.3. The van der Waals surface area contributed by atoms with E-state index >= 15 is 0 Å². The molecular weight excluding hydrogens is 321 g/mol. The number of urea groups is 1. The van der Waals surface area contributed by atoms with Crippen LogP contribution in [0.3, 0.4) is 0 Å². The number of carbonyl (C=O) groups is 1. The first-order chi connectivity index (χ1) is 10.5. The minimum absolute atomic E-state index is 0.0255. The van der Waals surface area contributed by atoms with E-state index in [-0.39, 0.29) is 6.03 Å². The summed E-state index contributed by atoms with van der Waals surface area (Å²) in [5.74, 6) is 0.599. The molecule has 4 nitrogen and oxygen atoms in total. The molecule has 0 unspecified atom stereocenters. The first-order valence-corrected chi connectivity index (χ1v) is 8.45. The van der Waals surface area contributed by atoms with Gasteiger partial charge in [0.1, 0.15) is 0 Å². The van der Waals surface area contributed by atoms with E-state index in [0.717, 1.165) is 31.7 Å². The van der Waals surface area contributed by atoms with Crippen molar-refractivity contribution in [2.24, 2.45) is 5.92 Å². The van der Waals surface area contributed by atoms with Crippen LogP contribution in [-0.2, 0) is 0 Å². The lowest BCUT2D eigenvalue weighted by atomic mass is 10.1. The number of halogens is 2. The Morgan fingerprint density at radius 3 is 2.55 bits per heavy atom. The zero-order valence-electron chi connectivity index (χ0n) is 13.1. The van der Waals surface area contributed by atoms with Gasteiger partial charge >= 0.3 is 6.03 Å². The molecule has 0 bridgehead atoms. The quantitative estimate of drug-likeness (QED) is 0.900. The summed E-state index contributed by atoms with van der Waals surface area (Å²) < 4.78 is 0. The highest BCUT2D eigenvalue weighted by Crippen LogP contribution is 2.29. The number of nitrogens with zero attached hydrogens (tertiary/aromatic N) is 2. The number of rotatable bonds is 4. The van der Waals surface area contributed by atoms with Gasteiger partial charge < -0.3 is 15.1 Å². The van der Waals surface area contributed by atoms with Crippen LogP contribution in [0.5, 0.6) is 0 Å². The van der Waals surface area contributed by atoms with Crippen molar-refractivity contribution in [3.05, 3.63) is 28.2 Å². The summed E-state index contributed by atoms with van der Waals surface area (Å²) in [6.45, 7) is 7.94. The number of benzene rings is 1. The Bertz CT molecular complexity index is 514. The van der Waals surface area contributed by atoms with E-state index in [0.29, 0.717) is 29.1 Å². The molecule has 1 aliphatic heterocycles. The van der Waals surface area contributed by atoms with E-state index in [1.807, 2.05) is 17.0 Å². The fraction of sp³-hybridized carbons (Fsp3) is 0.562. The van der Waals surface area contributed by atoms with Gasteiger partial charge in [0.15, 0.2) is 0 Å². The molecule has 2 rings (SSSR count). The van der Waals surface area contributed by atoms with Gasteiger partial charge in [-0.3, -0.25) is 0 Å². The van der Waals surface area contributed by atoms with Gasteiger partial charge in [0.05, 0.1) is 10.7 Å². The molecule has 6 heteroatoms. The number of hydrogen-bond acceptors (Lipinski definition) is 2. The monoisotopic (exact) mass is 343 g/mol. The van der Waals surface area contributed by atoms with Crippen molar-refractivity contribution >= 4 is 34.9 Å². The summed E-state index contributed by atoms with van der Waals surface area (Å²) in [6, 6.07) is 5.50. The van der Waals surface area contributed by atoms with E-state index in [2.05, 4.69) is 24.1 Å². The summed E-state index contributed by atoms with van der Waals surface area (Å²) in [5, 5.41) is 4.35. The zero-order chi connectivity index (χ0) is 16.1. The van der Waals surface area contributed by atoms with E-state index in [4.69, 9.17) is 23.2 Å². The van der Waals surface area contributed by atoms with Gasteiger partial charge in [0.25, 0.3) is 0 Å².